The van der Waals surface area contributed by atoms with Crippen LogP contribution in [-0.4, -0.2) is 37.2 Å². The maximum Gasteiger partial charge on any atom is 0.306 e. The Morgan fingerprint density at radius 3 is 1.10 bits per heavy atom. The summed E-state index contributed by atoms with van der Waals surface area (Å²) in [5.41, 5.74) is 0. The Balaban J connectivity index is 4.34. The SMILES string of the molecule is CCCCCCCCCCCCCCCC(=O)OC[C@H](COC(=O)CCCCCCCCCCC(C)C)OC(=O)CCCCCCCCC(C)CC. The summed E-state index contributed by atoms with van der Waals surface area (Å²) in [6, 6.07) is 0. The number of hydrogen-bond donors (Lipinski definition) is 0. The van der Waals surface area contributed by atoms with Gasteiger partial charge in [0.25, 0.3) is 0 Å². The van der Waals surface area contributed by atoms with Crippen molar-refractivity contribution in [1.82, 2.24) is 0 Å². The van der Waals surface area contributed by atoms with Crippen LogP contribution in [0.15, 0.2) is 0 Å². The Kier molecular flexibility index (Phi) is 37.9. The highest BCUT2D eigenvalue weighted by atomic mass is 16.6. The van der Waals surface area contributed by atoms with Gasteiger partial charge in [0.15, 0.2) is 6.10 Å². The Bertz CT molecular complexity index is 796. The summed E-state index contributed by atoms with van der Waals surface area (Å²) in [6.07, 6.45) is 36.6. The molecule has 2 atom stereocenters. The van der Waals surface area contributed by atoms with E-state index in [1.165, 1.54) is 135 Å². The Labute approximate surface area is 323 Å². The van der Waals surface area contributed by atoms with E-state index in [0.717, 1.165) is 69.6 Å². The molecule has 0 saturated carbocycles. The molecule has 0 rings (SSSR count). The van der Waals surface area contributed by atoms with Gasteiger partial charge in [0.1, 0.15) is 13.2 Å². The molecule has 0 heterocycles. The van der Waals surface area contributed by atoms with Crippen molar-refractivity contribution < 1.29 is 28.6 Å². The molecule has 308 valence electrons. The molecule has 0 amide bonds. The highest BCUT2D eigenvalue weighted by molar-refractivity contribution is 5.71. The summed E-state index contributed by atoms with van der Waals surface area (Å²) in [5, 5.41) is 0. The summed E-state index contributed by atoms with van der Waals surface area (Å²) in [7, 11) is 0. The third kappa shape index (κ3) is 38.1. The van der Waals surface area contributed by atoms with Crippen LogP contribution < -0.4 is 0 Å². The van der Waals surface area contributed by atoms with Gasteiger partial charge in [-0.3, -0.25) is 14.4 Å². The van der Waals surface area contributed by atoms with Crippen LogP contribution in [0.5, 0.6) is 0 Å². The molecule has 0 spiro atoms. The Morgan fingerprint density at radius 1 is 0.404 bits per heavy atom. The van der Waals surface area contributed by atoms with E-state index in [0.29, 0.717) is 19.3 Å². The average molecular weight is 737 g/mol. The number of rotatable bonds is 40. The molecule has 0 N–H and O–H groups in total. The number of unbranched alkanes of at least 4 members (excludes halogenated alkanes) is 24. The van der Waals surface area contributed by atoms with Crippen LogP contribution in [0, 0.1) is 11.8 Å². The van der Waals surface area contributed by atoms with Gasteiger partial charge in [-0.15, -0.1) is 0 Å². The topological polar surface area (TPSA) is 78.9 Å². The summed E-state index contributed by atoms with van der Waals surface area (Å²) in [4.78, 5) is 37.7. The van der Waals surface area contributed by atoms with Crippen LogP contribution in [0.25, 0.3) is 0 Å². The van der Waals surface area contributed by atoms with E-state index in [-0.39, 0.29) is 31.1 Å². The highest BCUT2D eigenvalue weighted by Gasteiger charge is 2.19. The molecule has 1 unspecified atom stereocenters. The van der Waals surface area contributed by atoms with E-state index in [9.17, 15) is 14.4 Å². The van der Waals surface area contributed by atoms with Crippen molar-refractivity contribution in [2.75, 3.05) is 13.2 Å². The highest BCUT2D eigenvalue weighted by Crippen LogP contribution is 2.17. The quantitative estimate of drug-likeness (QED) is 0.0354. The summed E-state index contributed by atoms with van der Waals surface area (Å²) in [5.74, 6) is 0.744. The van der Waals surface area contributed by atoms with Gasteiger partial charge in [0.05, 0.1) is 0 Å². The van der Waals surface area contributed by atoms with Gasteiger partial charge in [-0.1, -0.05) is 208 Å². The second-order valence-electron chi connectivity index (χ2n) is 16.4. The van der Waals surface area contributed by atoms with Crippen LogP contribution in [0.2, 0.25) is 0 Å². The minimum absolute atomic E-state index is 0.0658. The fraction of sp³-hybridized carbons (Fsp3) is 0.935. The number of carbonyl (C=O) groups is 3. The Morgan fingerprint density at radius 2 is 0.731 bits per heavy atom. The van der Waals surface area contributed by atoms with Gasteiger partial charge in [0, 0.05) is 19.3 Å². The van der Waals surface area contributed by atoms with E-state index in [1.807, 2.05) is 0 Å². The van der Waals surface area contributed by atoms with E-state index < -0.39 is 6.10 Å². The average Bonchev–Trinajstić information content (AvgIpc) is 3.12. The van der Waals surface area contributed by atoms with Crippen molar-refractivity contribution in [3.05, 3.63) is 0 Å². The van der Waals surface area contributed by atoms with Gasteiger partial charge in [-0.05, 0) is 31.1 Å². The van der Waals surface area contributed by atoms with Crippen molar-refractivity contribution in [3.63, 3.8) is 0 Å². The van der Waals surface area contributed by atoms with E-state index in [4.69, 9.17) is 14.2 Å². The first-order valence-corrected chi connectivity index (χ1v) is 22.8. The second kappa shape index (κ2) is 39.1. The lowest BCUT2D eigenvalue weighted by Gasteiger charge is -2.18. The normalized spacial score (nSPS) is 12.6. The molecule has 6 heteroatoms. The molecule has 0 aliphatic rings. The zero-order valence-corrected chi connectivity index (χ0v) is 35.4. The standard InChI is InChI=1S/C46H88O6/c1-6-8-9-10-11-12-13-14-15-16-20-26-31-36-44(47)50-39-43(52-46(49)38-33-28-23-22-25-30-35-42(5)7-2)40-51-45(48)37-32-27-21-18-17-19-24-29-34-41(3)4/h41-43H,6-40H2,1-5H3/t42?,43-/m1/s1. The van der Waals surface area contributed by atoms with Gasteiger partial charge in [0.2, 0.25) is 0 Å². The van der Waals surface area contributed by atoms with Crippen molar-refractivity contribution in [2.24, 2.45) is 11.8 Å². The maximum atomic E-state index is 12.7. The predicted octanol–water partition coefficient (Wildman–Crippen LogP) is 14.2. The summed E-state index contributed by atoms with van der Waals surface area (Å²) < 4.78 is 16.7. The third-order valence-corrected chi connectivity index (χ3v) is 10.6. The van der Waals surface area contributed by atoms with Crippen molar-refractivity contribution in [2.45, 2.75) is 253 Å². The van der Waals surface area contributed by atoms with Crippen LogP contribution in [0.1, 0.15) is 247 Å². The molecule has 0 aromatic carbocycles. The van der Waals surface area contributed by atoms with Crippen molar-refractivity contribution >= 4 is 17.9 Å². The number of esters is 3. The molecule has 0 aromatic heterocycles. The zero-order valence-electron chi connectivity index (χ0n) is 35.4. The van der Waals surface area contributed by atoms with E-state index in [2.05, 4.69) is 34.6 Å². The lowest BCUT2D eigenvalue weighted by molar-refractivity contribution is -0.167. The van der Waals surface area contributed by atoms with Crippen LogP contribution >= 0.6 is 0 Å². The lowest BCUT2D eigenvalue weighted by Crippen LogP contribution is -2.30. The van der Waals surface area contributed by atoms with Gasteiger partial charge in [-0.25, -0.2) is 0 Å². The van der Waals surface area contributed by atoms with Gasteiger partial charge in [-0.2, -0.15) is 0 Å². The maximum absolute atomic E-state index is 12.7. The van der Waals surface area contributed by atoms with Crippen molar-refractivity contribution in [1.29, 1.82) is 0 Å². The Hall–Kier alpha value is -1.59. The van der Waals surface area contributed by atoms with E-state index in [1.54, 1.807) is 0 Å². The molecule has 52 heavy (non-hydrogen) atoms. The molecule has 0 radical (unpaired) electrons. The fourth-order valence-electron chi connectivity index (χ4n) is 6.72. The van der Waals surface area contributed by atoms with Gasteiger partial charge >= 0.3 is 17.9 Å². The molecule has 0 saturated heterocycles. The van der Waals surface area contributed by atoms with Crippen LogP contribution in [-0.2, 0) is 28.6 Å². The number of ether oxygens (including phenoxy) is 3. The zero-order chi connectivity index (χ0) is 38.3. The van der Waals surface area contributed by atoms with E-state index >= 15 is 0 Å². The first kappa shape index (κ1) is 50.4. The minimum atomic E-state index is -0.761. The molecular weight excluding hydrogens is 648 g/mol. The largest absolute Gasteiger partial charge is 0.462 e. The number of hydrogen-bond acceptors (Lipinski definition) is 6. The summed E-state index contributed by atoms with van der Waals surface area (Å²) >= 11 is 0. The first-order chi connectivity index (χ1) is 25.3. The van der Waals surface area contributed by atoms with Crippen LogP contribution in [0.3, 0.4) is 0 Å². The minimum Gasteiger partial charge on any atom is -0.462 e. The first-order valence-electron chi connectivity index (χ1n) is 22.8. The predicted molar refractivity (Wildman–Crippen MR) is 220 cm³/mol. The second-order valence-corrected chi connectivity index (χ2v) is 16.4. The number of carbonyl (C=O) groups excluding carboxylic acids is 3. The molecular formula is C46H88O6. The molecule has 0 bridgehead atoms. The molecule has 0 aliphatic heterocycles. The van der Waals surface area contributed by atoms with Crippen molar-refractivity contribution in [3.8, 4) is 0 Å². The van der Waals surface area contributed by atoms with Crippen LogP contribution in [0.4, 0.5) is 0 Å². The monoisotopic (exact) mass is 737 g/mol. The smallest absolute Gasteiger partial charge is 0.306 e. The van der Waals surface area contributed by atoms with Gasteiger partial charge < -0.3 is 14.2 Å². The summed E-state index contributed by atoms with van der Waals surface area (Å²) in [6.45, 7) is 11.3. The molecule has 6 nitrogen and oxygen atoms in total. The fourth-order valence-corrected chi connectivity index (χ4v) is 6.72. The molecule has 0 aliphatic carbocycles. The molecule has 0 aromatic rings. The third-order valence-electron chi connectivity index (χ3n) is 10.6. The molecule has 0 fully saturated rings. The lowest BCUT2D eigenvalue weighted by atomic mass is 10.00.